The average Bonchev–Trinajstić information content (AvgIpc) is 3.10. The molecule has 0 radical (unpaired) electrons. The van der Waals surface area contributed by atoms with Crippen LogP contribution >= 0.6 is 0 Å². The van der Waals surface area contributed by atoms with E-state index in [1.807, 2.05) is 13.0 Å². The van der Waals surface area contributed by atoms with Crippen molar-refractivity contribution in [1.29, 1.82) is 0 Å². The van der Waals surface area contributed by atoms with Crippen LogP contribution in [0.2, 0.25) is 0 Å². The van der Waals surface area contributed by atoms with Crippen molar-refractivity contribution >= 4 is 15.7 Å². The van der Waals surface area contributed by atoms with Crippen LogP contribution in [0, 0.1) is 0 Å². The topological polar surface area (TPSA) is 58.2 Å². The van der Waals surface area contributed by atoms with Gasteiger partial charge in [-0.05, 0) is 31.9 Å². The molecule has 1 aromatic rings. The minimum Gasteiger partial charge on any atom is -0.380 e. The lowest BCUT2D eigenvalue weighted by Crippen LogP contribution is -2.26. The molecule has 1 aliphatic carbocycles. The van der Waals surface area contributed by atoms with Crippen LogP contribution in [-0.2, 0) is 10.0 Å². The highest BCUT2D eigenvalue weighted by atomic mass is 32.2. The molecule has 5 heteroatoms. The molecule has 0 bridgehead atoms. The third-order valence-electron chi connectivity index (χ3n) is 2.66. The van der Waals surface area contributed by atoms with Crippen molar-refractivity contribution in [2.24, 2.45) is 0 Å². The second kappa shape index (κ2) is 5.12. The van der Waals surface area contributed by atoms with E-state index in [-0.39, 0.29) is 6.04 Å². The molecule has 0 saturated heterocycles. The van der Waals surface area contributed by atoms with Gasteiger partial charge in [0.1, 0.15) is 4.90 Å². The highest BCUT2D eigenvalue weighted by Crippen LogP contribution is 2.25. The maximum atomic E-state index is 12.2. The Bertz CT molecular complexity index is 548. The van der Waals surface area contributed by atoms with Crippen LogP contribution in [-0.4, -0.2) is 21.0 Å². The molecule has 2 N–H and O–H groups in total. The Balaban J connectivity index is 2.22. The molecule has 4 nitrogen and oxygen atoms in total. The van der Waals surface area contributed by atoms with E-state index in [4.69, 9.17) is 0 Å². The molecule has 1 aliphatic rings. The molecule has 1 fully saturated rings. The Hall–Kier alpha value is -1.33. The monoisotopic (exact) mass is 266 g/mol. The first-order valence-corrected chi connectivity index (χ1v) is 7.47. The summed E-state index contributed by atoms with van der Waals surface area (Å²) < 4.78 is 27.0. The summed E-state index contributed by atoms with van der Waals surface area (Å²) in [6.45, 7) is 6.25. The summed E-state index contributed by atoms with van der Waals surface area (Å²) in [5.74, 6) is 0. The number of anilines is 1. The predicted octanol–water partition coefficient (Wildman–Crippen LogP) is 2.12. The number of nitrogens with one attached hydrogen (secondary N) is 2. The number of rotatable bonds is 6. The van der Waals surface area contributed by atoms with Crippen LogP contribution in [0.4, 0.5) is 5.69 Å². The Labute approximate surface area is 108 Å². The lowest BCUT2D eigenvalue weighted by Gasteiger charge is -2.12. The molecular formula is C13H18N2O2S. The fraction of sp³-hybridized carbons (Fsp3) is 0.385. The van der Waals surface area contributed by atoms with Crippen LogP contribution in [0.1, 0.15) is 19.8 Å². The second-order valence-corrected chi connectivity index (χ2v) is 6.38. The summed E-state index contributed by atoms with van der Waals surface area (Å²) in [5, 5.41) is 3.09. The van der Waals surface area contributed by atoms with E-state index in [1.54, 1.807) is 18.2 Å². The number of benzene rings is 1. The third-order valence-corrected chi connectivity index (χ3v) is 4.24. The Morgan fingerprint density at radius 3 is 2.67 bits per heavy atom. The normalized spacial score (nSPS) is 15.4. The van der Waals surface area contributed by atoms with Gasteiger partial charge in [0, 0.05) is 12.6 Å². The lowest BCUT2D eigenvalue weighted by atomic mass is 10.3. The number of sulfonamides is 1. The van der Waals surface area contributed by atoms with Gasteiger partial charge >= 0.3 is 0 Å². The van der Waals surface area contributed by atoms with Crippen molar-refractivity contribution in [3.63, 3.8) is 0 Å². The van der Waals surface area contributed by atoms with Crippen LogP contribution in [0.25, 0.3) is 0 Å². The minimum absolute atomic E-state index is 0.115. The molecular weight excluding hydrogens is 248 g/mol. The van der Waals surface area contributed by atoms with Gasteiger partial charge in [-0.15, -0.1) is 0 Å². The Kier molecular flexibility index (Phi) is 3.73. The first-order valence-electron chi connectivity index (χ1n) is 5.98. The van der Waals surface area contributed by atoms with Gasteiger partial charge in [-0.3, -0.25) is 0 Å². The van der Waals surface area contributed by atoms with Gasteiger partial charge in [-0.25, -0.2) is 13.1 Å². The van der Waals surface area contributed by atoms with E-state index in [2.05, 4.69) is 16.6 Å². The molecule has 18 heavy (non-hydrogen) atoms. The molecule has 0 aliphatic heterocycles. The van der Waals surface area contributed by atoms with Crippen molar-refractivity contribution in [2.75, 3.05) is 11.9 Å². The number of hydrogen-bond donors (Lipinski definition) is 2. The summed E-state index contributed by atoms with van der Waals surface area (Å²) in [4.78, 5) is 0.304. The van der Waals surface area contributed by atoms with Crippen LogP contribution in [0.5, 0.6) is 0 Å². The van der Waals surface area contributed by atoms with Gasteiger partial charge in [0.15, 0.2) is 0 Å². The smallest absolute Gasteiger partial charge is 0.242 e. The highest BCUT2D eigenvalue weighted by Gasteiger charge is 2.29. The Morgan fingerprint density at radius 2 is 2.06 bits per heavy atom. The highest BCUT2D eigenvalue weighted by molar-refractivity contribution is 7.89. The third kappa shape index (κ3) is 3.34. The van der Waals surface area contributed by atoms with Gasteiger partial charge < -0.3 is 5.32 Å². The molecule has 1 aromatic carbocycles. The second-order valence-electron chi connectivity index (χ2n) is 4.70. The van der Waals surface area contributed by atoms with Gasteiger partial charge in [-0.1, -0.05) is 24.3 Å². The fourth-order valence-corrected chi connectivity index (χ4v) is 3.07. The molecule has 0 spiro atoms. The molecule has 2 rings (SSSR count). The number of para-hydroxylation sites is 1. The van der Waals surface area contributed by atoms with E-state index >= 15 is 0 Å². The summed E-state index contributed by atoms with van der Waals surface area (Å²) in [7, 11) is -3.42. The first kappa shape index (κ1) is 13.1. The minimum atomic E-state index is -3.42. The van der Waals surface area contributed by atoms with E-state index in [9.17, 15) is 8.42 Å². The largest absolute Gasteiger partial charge is 0.380 e. The van der Waals surface area contributed by atoms with Crippen LogP contribution in [0.15, 0.2) is 41.3 Å². The van der Waals surface area contributed by atoms with Gasteiger partial charge in [0.25, 0.3) is 0 Å². The van der Waals surface area contributed by atoms with Crippen molar-refractivity contribution in [1.82, 2.24) is 4.72 Å². The molecule has 0 amide bonds. The zero-order valence-corrected chi connectivity index (χ0v) is 11.3. The van der Waals surface area contributed by atoms with Crippen LogP contribution in [0.3, 0.4) is 0 Å². The van der Waals surface area contributed by atoms with Gasteiger partial charge in [0.2, 0.25) is 10.0 Å². The fourth-order valence-electron chi connectivity index (χ4n) is 1.58. The zero-order chi connectivity index (χ0) is 13.2. The Morgan fingerprint density at radius 1 is 1.39 bits per heavy atom. The van der Waals surface area contributed by atoms with E-state index < -0.39 is 10.0 Å². The maximum Gasteiger partial charge on any atom is 0.242 e. The molecule has 0 heterocycles. The summed E-state index contributed by atoms with van der Waals surface area (Å²) >= 11 is 0. The van der Waals surface area contributed by atoms with Crippen LogP contribution < -0.4 is 10.0 Å². The molecule has 98 valence electrons. The molecule has 0 atom stereocenters. The van der Waals surface area contributed by atoms with Crippen molar-refractivity contribution < 1.29 is 8.42 Å². The molecule has 1 saturated carbocycles. The SMILES string of the molecule is C=C(C)CNc1ccccc1S(=O)(=O)NC1CC1. The summed E-state index contributed by atoms with van der Waals surface area (Å²) in [5.41, 5.74) is 1.58. The van der Waals surface area contributed by atoms with Crippen molar-refractivity contribution in [3.8, 4) is 0 Å². The van der Waals surface area contributed by atoms with E-state index in [1.165, 1.54) is 0 Å². The van der Waals surface area contributed by atoms with Gasteiger partial charge in [-0.2, -0.15) is 0 Å². The summed E-state index contributed by atoms with van der Waals surface area (Å²) in [6.07, 6.45) is 1.86. The zero-order valence-electron chi connectivity index (χ0n) is 10.4. The lowest BCUT2D eigenvalue weighted by molar-refractivity contribution is 0.581. The summed E-state index contributed by atoms with van der Waals surface area (Å²) in [6, 6.07) is 7.05. The van der Waals surface area contributed by atoms with E-state index in [0.717, 1.165) is 18.4 Å². The van der Waals surface area contributed by atoms with Crippen molar-refractivity contribution in [3.05, 3.63) is 36.4 Å². The predicted molar refractivity (Wildman–Crippen MR) is 73.1 cm³/mol. The molecule has 0 aromatic heterocycles. The first-order chi connectivity index (χ1) is 8.49. The molecule has 0 unspecified atom stereocenters. The number of hydrogen-bond acceptors (Lipinski definition) is 3. The standard InChI is InChI=1S/C13H18N2O2S/c1-10(2)9-14-12-5-3-4-6-13(12)18(16,17)15-11-7-8-11/h3-6,11,14-15H,1,7-9H2,2H3. The maximum absolute atomic E-state index is 12.2. The quantitative estimate of drug-likeness (QED) is 0.775. The van der Waals surface area contributed by atoms with E-state index in [0.29, 0.717) is 17.1 Å². The van der Waals surface area contributed by atoms with Crippen molar-refractivity contribution in [2.45, 2.75) is 30.7 Å². The van der Waals surface area contributed by atoms with Gasteiger partial charge in [0.05, 0.1) is 5.69 Å². The average molecular weight is 266 g/mol.